The van der Waals surface area contributed by atoms with Crippen molar-refractivity contribution in [1.82, 2.24) is 5.32 Å². The number of nitrogens with one attached hydrogen (secondary N) is 2. The van der Waals surface area contributed by atoms with Crippen molar-refractivity contribution in [2.45, 2.75) is 12.8 Å². The molecule has 2 unspecified atom stereocenters. The van der Waals surface area contributed by atoms with E-state index in [-0.39, 0.29) is 17.4 Å². The van der Waals surface area contributed by atoms with E-state index in [1.807, 2.05) is 0 Å². The number of anilines is 1. The first-order valence-corrected chi connectivity index (χ1v) is 8.22. The average molecular weight is 362 g/mol. The van der Waals surface area contributed by atoms with E-state index in [0.29, 0.717) is 25.5 Å². The SMILES string of the molecule is O=C(NCCc1ccc(F)cc1)C1CC1C(=O)Nc1ccc(F)cc1F. The van der Waals surface area contributed by atoms with Crippen molar-refractivity contribution in [3.05, 3.63) is 65.5 Å². The molecule has 0 aromatic heterocycles. The lowest BCUT2D eigenvalue weighted by Gasteiger charge is -2.07. The number of rotatable bonds is 6. The van der Waals surface area contributed by atoms with Crippen LogP contribution >= 0.6 is 0 Å². The van der Waals surface area contributed by atoms with Gasteiger partial charge >= 0.3 is 0 Å². The van der Waals surface area contributed by atoms with Gasteiger partial charge in [0.25, 0.3) is 0 Å². The molecule has 3 rings (SSSR count). The predicted octanol–water partition coefficient (Wildman–Crippen LogP) is 3.04. The third kappa shape index (κ3) is 4.41. The molecule has 26 heavy (non-hydrogen) atoms. The first kappa shape index (κ1) is 18.0. The normalized spacial score (nSPS) is 18.3. The van der Waals surface area contributed by atoms with Gasteiger partial charge in [0.1, 0.15) is 17.5 Å². The molecule has 2 N–H and O–H groups in total. The van der Waals surface area contributed by atoms with Gasteiger partial charge in [-0.2, -0.15) is 0 Å². The summed E-state index contributed by atoms with van der Waals surface area (Å²) >= 11 is 0. The van der Waals surface area contributed by atoms with E-state index in [1.165, 1.54) is 12.1 Å². The van der Waals surface area contributed by atoms with Gasteiger partial charge in [-0.3, -0.25) is 9.59 Å². The van der Waals surface area contributed by atoms with Gasteiger partial charge in [-0.15, -0.1) is 0 Å². The van der Waals surface area contributed by atoms with Gasteiger partial charge in [-0.05, 0) is 42.7 Å². The lowest BCUT2D eigenvalue weighted by Crippen LogP contribution is -2.29. The average Bonchev–Trinajstić information content (AvgIpc) is 3.40. The Hall–Kier alpha value is -2.83. The minimum atomic E-state index is -0.862. The highest BCUT2D eigenvalue weighted by Crippen LogP contribution is 2.39. The smallest absolute Gasteiger partial charge is 0.228 e. The summed E-state index contributed by atoms with van der Waals surface area (Å²) in [4.78, 5) is 24.1. The second-order valence-electron chi connectivity index (χ2n) is 6.23. The van der Waals surface area contributed by atoms with Crippen LogP contribution in [-0.4, -0.2) is 18.4 Å². The number of halogens is 3. The van der Waals surface area contributed by atoms with E-state index in [4.69, 9.17) is 0 Å². The summed E-state index contributed by atoms with van der Waals surface area (Å²) in [5.74, 6) is -3.59. The fraction of sp³-hybridized carbons (Fsp3) is 0.263. The van der Waals surface area contributed by atoms with Gasteiger partial charge in [-0.1, -0.05) is 12.1 Å². The summed E-state index contributed by atoms with van der Waals surface area (Å²) in [6.07, 6.45) is 0.938. The molecule has 2 amide bonds. The second kappa shape index (κ2) is 7.59. The van der Waals surface area contributed by atoms with E-state index in [9.17, 15) is 22.8 Å². The fourth-order valence-corrected chi connectivity index (χ4v) is 2.70. The molecule has 2 aromatic carbocycles. The van der Waals surface area contributed by atoms with Crippen LogP contribution in [0.2, 0.25) is 0 Å². The van der Waals surface area contributed by atoms with Crippen LogP contribution in [0.3, 0.4) is 0 Å². The lowest BCUT2D eigenvalue weighted by atomic mass is 10.1. The highest BCUT2D eigenvalue weighted by atomic mass is 19.1. The van der Waals surface area contributed by atoms with Crippen molar-refractivity contribution in [2.24, 2.45) is 11.8 Å². The molecule has 0 radical (unpaired) electrons. The van der Waals surface area contributed by atoms with Crippen LogP contribution in [0.15, 0.2) is 42.5 Å². The molecular formula is C19H17F3N2O2. The van der Waals surface area contributed by atoms with Crippen LogP contribution < -0.4 is 10.6 Å². The maximum Gasteiger partial charge on any atom is 0.228 e. The summed E-state index contributed by atoms with van der Waals surface area (Å²) < 4.78 is 39.2. The van der Waals surface area contributed by atoms with Crippen LogP contribution in [0.1, 0.15) is 12.0 Å². The van der Waals surface area contributed by atoms with Crippen molar-refractivity contribution in [2.75, 3.05) is 11.9 Å². The minimum Gasteiger partial charge on any atom is -0.356 e. The molecule has 0 saturated heterocycles. The molecule has 0 heterocycles. The Labute approximate surface area is 148 Å². The Morgan fingerprint density at radius 1 is 0.923 bits per heavy atom. The Bertz CT molecular complexity index is 824. The van der Waals surface area contributed by atoms with Gasteiger partial charge in [0, 0.05) is 12.6 Å². The number of benzene rings is 2. The topological polar surface area (TPSA) is 58.2 Å². The van der Waals surface area contributed by atoms with Crippen molar-refractivity contribution in [3.63, 3.8) is 0 Å². The minimum absolute atomic E-state index is 0.112. The Kier molecular flexibility index (Phi) is 5.25. The largest absolute Gasteiger partial charge is 0.356 e. The molecule has 0 spiro atoms. The van der Waals surface area contributed by atoms with Crippen molar-refractivity contribution < 1.29 is 22.8 Å². The molecule has 1 saturated carbocycles. The van der Waals surface area contributed by atoms with Gasteiger partial charge in [-0.25, -0.2) is 13.2 Å². The lowest BCUT2D eigenvalue weighted by molar-refractivity contribution is -0.125. The van der Waals surface area contributed by atoms with Crippen LogP contribution in [0.25, 0.3) is 0 Å². The fourth-order valence-electron chi connectivity index (χ4n) is 2.70. The molecule has 2 aromatic rings. The zero-order valence-corrected chi connectivity index (χ0v) is 13.8. The zero-order chi connectivity index (χ0) is 18.7. The van der Waals surface area contributed by atoms with Crippen molar-refractivity contribution in [1.29, 1.82) is 0 Å². The van der Waals surface area contributed by atoms with Gasteiger partial charge in [0.05, 0.1) is 17.5 Å². The predicted molar refractivity (Wildman–Crippen MR) is 89.7 cm³/mol. The molecule has 4 nitrogen and oxygen atoms in total. The summed E-state index contributed by atoms with van der Waals surface area (Å²) in [5, 5.41) is 5.11. The second-order valence-corrected chi connectivity index (χ2v) is 6.23. The van der Waals surface area contributed by atoms with E-state index >= 15 is 0 Å². The number of carbonyl (C=O) groups excluding carboxylic acids is 2. The first-order valence-electron chi connectivity index (χ1n) is 8.22. The summed E-state index contributed by atoms with van der Waals surface area (Å²) in [7, 11) is 0. The van der Waals surface area contributed by atoms with Crippen LogP contribution in [0.4, 0.5) is 18.9 Å². The molecule has 1 aliphatic carbocycles. The third-order valence-corrected chi connectivity index (χ3v) is 4.28. The molecule has 1 aliphatic rings. The highest BCUT2D eigenvalue weighted by molar-refractivity contribution is 5.99. The van der Waals surface area contributed by atoms with Crippen LogP contribution in [0, 0.1) is 29.3 Å². The van der Waals surface area contributed by atoms with Crippen molar-refractivity contribution >= 4 is 17.5 Å². The maximum atomic E-state index is 13.5. The molecule has 136 valence electrons. The van der Waals surface area contributed by atoms with Gasteiger partial charge in [0.2, 0.25) is 11.8 Å². The maximum absolute atomic E-state index is 13.5. The van der Waals surface area contributed by atoms with Gasteiger partial charge in [0.15, 0.2) is 0 Å². The number of hydrogen-bond donors (Lipinski definition) is 2. The Morgan fingerprint density at radius 3 is 2.27 bits per heavy atom. The number of hydrogen-bond acceptors (Lipinski definition) is 2. The standard InChI is InChI=1S/C19H17F3N2O2/c20-12-3-1-11(2-4-12)7-8-23-18(25)14-10-15(14)19(26)24-17-6-5-13(21)9-16(17)22/h1-6,9,14-15H,7-8,10H2,(H,23,25)(H,24,26). The highest BCUT2D eigenvalue weighted by Gasteiger charge is 2.48. The van der Waals surface area contributed by atoms with E-state index in [2.05, 4.69) is 10.6 Å². The van der Waals surface area contributed by atoms with Crippen LogP contribution in [0.5, 0.6) is 0 Å². The number of carbonyl (C=O) groups is 2. The van der Waals surface area contributed by atoms with Crippen LogP contribution in [-0.2, 0) is 16.0 Å². The van der Waals surface area contributed by atoms with Gasteiger partial charge < -0.3 is 10.6 Å². The monoisotopic (exact) mass is 362 g/mol. The summed E-state index contributed by atoms with van der Waals surface area (Å²) in [6.45, 7) is 0.377. The third-order valence-electron chi connectivity index (χ3n) is 4.28. The molecule has 0 aliphatic heterocycles. The summed E-state index contributed by atoms with van der Waals surface area (Å²) in [6, 6.07) is 8.87. The molecule has 7 heteroatoms. The van der Waals surface area contributed by atoms with Crippen molar-refractivity contribution in [3.8, 4) is 0 Å². The molecular weight excluding hydrogens is 345 g/mol. The van der Waals surface area contributed by atoms with E-state index in [1.54, 1.807) is 12.1 Å². The summed E-state index contributed by atoms with van der Waals surface area (Å²) in [5.41, 5.74) is 0.780. The molecule has 1 fully saturated rings. The zero-order valence-electron chi connectivity index (χ0n) is 13.8. The Morgan fingerprint density at radius 2 is 1.58 bits per heavy atom. The Balaban J connectivity index is 1.44. The molecule has 2 atom stereocenters. The first-order chi connectivity index (χ1) is 12.4. The molecule has 0 bridgehead atoms. The van der Waals surface area contributed by atoms with E-state index < -0.39 is 29.4 Å². The van der Waals surface area contributed by atoms with E-state index in [0.717, 1.165) is 17.7 Å². The quantitative estimate of drug-likeness (QED) is 0.830. The number of amides is 2.